The molecule has 2 atom stereocenters. The topological polar surface area (TPSA) is 42.9 Å². The number of benzene rings is 3. The predicted octanol–water partition coefficient (Wildman–Crippen LogP) is 3.70. The summed E-state index contributed by atoms with van der Waals surface area (Å²) in [6.45, 7) is 0. The number of fused-ring (bicyclic) bond motifs is 2. The molecule has 1 saturated heterocycles. The smallest absolute Gasteiger partial charge is 0.228 e. The monoisotopic (exact) mass is 328 g/mol. The van der Waals surface area contributed by atoms with E-state index in [2.05, 4.69) is 5.32 Å². The summed E-state index contributed by atoms with van der Waals surface area (Å²) in [7, 11) is 0. The van der Waals surface area contributed by atoms with E-state index in [4.69, 9.17) is 14.8 Å². The van der Waals surface area contributed by atoms with Gasteiger partial charge in [-0.3, -0.25) is 0 Å². The Hall–Kier alpha value is -2.79. The fourth-order valence-corrected chi connectivity index (χ4v) is 3.43. The van der Waals surface area contributed by atoms with Crippen LogP contribution >= 0.6 is 0 Å². The predicted molar refractivity (Wildman–Crippen MR) is 94.5 cm³/mol. The summed E-state index contributed by atoms with van der Waals surface area (Å²) in [5.74, 6) is -1.04. The molecular weight excluding hydrogens is 312 g/mol. The number of hydrogen-bond donors (Lipinski definition) is 1. The van der Waals surface area contributed by atoms with Crippen LogP contribution in [-0.2, 0) is 21.3 Å². The number of nitrogens with one attached hydrogen (secondary N) is 1. The third-order valence-electron chi connectivity index (χ3n) is 4.63. The lowest BCUT2D eigenvalue weighted by molar-refractivity contribution is -0.350. The van der Waals surface area contributed by atoms with E-state index in [0.717, 1.165) is 22.4 Å². The Balaban J connectivity index is 1.72. The fourth-order valence-electron chi connectivity index (χ4n) is 3.43. The van der Waals surface area contributed by atoms with Gasteiger partial charge < -0.3 is 0 Å². The number of nitrogens with zero attached hydrogens (tertiary/aromatic N) is 1. The maximum atomic E-state index is 5.91. The normalized spacial score (nSPS) is 27.3. The minimum absolute atomic E-state index is 0.814. The molecule has 0 radical (unpaired) electrons. The zero-order valence-corrected chi connectivity index (χ0v) is 13.4. The molecule has 122 valence electrons. The summed E-state index contributed by atoms with van der Waals surface area (Å²) in [5, 5.41) is 3.49. The van der Waals surface area contributed by atoms with Crippen molar-refractivity contribution in [3.05, 3.63) is 108 Å². The Labute approximate surface area is 145 Å². The van der Waals surface area contributed by atoms with E-state index in [1.54, 1.807) is 0 Å². The molecule has 2 bridgehead atoms. The second-order valence-corrected chi connectivity index (χ2v) is 6.18. The molecular formula is C21H16N2O2. The van der Waals surface area contributed by atoms with Crippen LogP contribution in [0.4, 0.5) is 0 Å². The zero-order valence-electron chi connectivity index (χ0n) is 13.4. The van der Waals surface area contributed by atoms with Crippen LogP contribution in [0.25, 0.3) is 0 Å². The van der Waals surface area contributed by atoms with Crippen molar-refractivity contribution in [3.63, 3.8) is 0 Å². The summed E-state index contributed by atoms with van der Waals surface area (Å²) in [4.78, 5) is 16.6. The molecule has 1 N–H and O–H groups in total. The second kappa shape index (κ2) is 5.36. The standard InChI is InChI=1S/C21H16N2O2/c1-4-10-16(11-5-1)19-20(17-12-6-2-7-13-17)23-21(22-19,25-24-20)18-14-8-3-9-15-18/h1-15,23H. The molecule has 25 heavy (non-hydrogen) atoms. The molecule has 2 aliphatic heterocycles. The van der Waals surface area contributed by atoms with Gasteiger partial charge >= 0.3 is 0 Å². The van der Waals surface area contributed by atoms with Gasteiger partial charge in [0.25, 0.3) is 5.85 Å². The van der Waals surface area contributed by atoms with Crippen LogP contribution < -0.4 is 5.32 Å². The van der Waals surface area contributed by atoms with Gasteiger partial charge in [-0.1, -0.05) is 91.0 Å². The molecule has 3 aromatic carbocycles. The first-order chi connectivity index (χ1) is 12.3. The number of hydrogen-bond acceptors (Lipinski definition) is 4. The fraction of sp³-hybridized carbons (Fsp3) is 0.0952. The first kappa shape index (κ1) is 14.5. The Morgan fingerprint density at radius 1 is 0.640 bits per heavy atom. The lowest BCUT2D eigenvalue weighted by atomic mass is 9.93. The van der Waals surface area contributed by atoms with Gasteiger partial charge in [-0.05, 0) is 0 Å². The molecule has 1 fully saturated rings. The maximum Gasteiger partial charge on any atom is 0.276 e. The summed E-state index contributed by atoms with van der Waals surface area (Å²) >= 11 is 0. The van der Waals surface area contributed by atoms with Crippen molar-refractivity contribution in [2.45, 2.75) is 11.6 Å². The van der Waals surface area contributed by atoms with Gasteiger partial charge in [0.05, 0.1) is 0 Å². The van der Waals surface area contributed by atoms with Crippen LogP contribution in [0.15, 0.2) is 96.0 Å². The molecule has 4 heteroatoms. The van der Waals surface area contributed by atoms with Crippen LogP contribution in [0.1, 0.15) is 16.7 Å². The van der Waals surface area contributed by atoms with Gasteiger partial charge in [0.2, 0.25) is 5.72 Å². The largest absolute Gasteiger partial charge is 0.276 e. The molecule has 2 aliphatic rings. The minimum atomic E-state index is -1.04. The van der Waals surface area contributed by atoms with Gasteiger partial charge in [-0.25, -0.2) is 10.3 Å². The molecule has 3 aromatic rings. The van der Waals surface area contributed by atoms with Crippen molar-refractivity contribution < 1.29 is 9.78 Å². The lowest BCUT2D eigenvalue weighted by Gasteiger charge is -2.26. The molecule has 5 rings (SSSR count). The van der Waals surface area contributed by atoms with Gasteiger partial charge in [-0.15, -0.1) is 0 Å². The SMILES string of the molecule is c1ccc(C2=NC3(c4ccccc4)NC2(c2ccccc2)OO3)cc1. The molecule has 0 amide bonds. The van der Waals surface area contributed by atoms with Gasteiger partial charge in [-0.2, -0.15) is 9.78 Å². The van der Waals surface area contributed by atoms with Crippen molar-refractivity contribution in [1.82, 2.24) is 5.32 Å². The zero-order chi connectivity index (χ0) is 16.7. The molecule has 2 heterocycles. The van der Waals surface area contributed by atoms with E-state index in [9.17, 15) is 0 Å². The third-order valence-corrected chi connectivity index (χ3v) is 4.63. The highest BCUT2D eigenvalue weighted by molar-refractivity contribution is 6.08. The van der Waals surface area contributed by atoms with Crippen molar-refractivity contribution in [2.75, 3.05) is 0 Å². The van der Waals surface area contributed by atoms with E-state index < -0.39 is 11.6 Å². The molecule has 0 aromatic heterocycles. The molecule has 0 aliphatic carbocycles. The summed E-state index contributed by atoms with van der Waals surface area (Å²) in [6, 6.07) is 29.9. The average molecular weight is 328 g/mol. The Morgan fingerprint density at radius 3 is 1.84 bits per heavy atom. The van der Waals surface area contributed by atoms with Gasteiger partial charge in [0, 0.05) is 16.7 Å². The third kappa shape index (κ3) is 2.09. The highest BCUT2D eigenvalue weighted by Gasteiger charge is 2.62. The first-order valence-electron chi connectivity index (χ1n) is 8.25. The van der Waals surface area contributed by atoms with Crippen molar-refractivity contribution in [1.29, 1.82) is 0 Å². The van der Waals surface area contributed by atoms with Crippen molar-refractivity contribution in [3.8, 4) is 0 Å². The maximum absolute atomic E-state index is 5.91. The van der Waals surface area contributed by atoms with Crippen LogP contribution in [0, 0.1) is 0 Å². The summed E-state index contributed by atoms with van der Waals surface area (Å²) in [6.07, 6.45) is 0. The van der Waals surface area contributed by atoms with E-state index >= 15 is 0 Å². The quantitative estimate of drug-likeness (QED) is 0.746. The van der Waals surface area contributed by atoms with Gasteiger partial charge in [0.15, 0.2) is 0 Å². The first-order valence-corrected chi connectivity index (χ1v) is 8.25. The van der Waals surface area contributed by atoms with Crippen LogP contribution in [0.2, 0.25) is 0 Å². The Kier molecular flexibility index (Phi) is 3.12. The molecule has 2 unspecified atom stereocenters. The Morgan fingerprint density at radius 2 is 1.20 bits per heavy atom. The van der Waals surface area contributed by atoms with Crippen LogP contribution in [0.5, 0.6) is 0 Å². The molecule has 4 nitrogen and oxygen atoms in total. The molecule has 0 spiro atoms. The van der Waals surface area contributed by atoms with E-state index in [0.29, 0.717) is 0 Å². The number of rotatable bonds is 3. The van der Waals surface area contributed by atoms with Crippen molar-refractivity contribution in [2.24, 2.45) is 4.99 Å². The summed E-state index contributed by atoms with van der Waals surface area (Å²) in [5.41, 5.74) is 2.74. The highest BCUT2D eigenvalue weighted by atomic mass is 17.2. The van der Waals surface area contributed by atoms with E-state index in [1.807, 2.05) is 91.0 Å². The molecule has 0 saturated carbocycles. The minimum Gasteiger partial charge on any atom is -0.228 e. The summed E-state index contributed by atoms with van der Waals surface area (Å²) < 4.78 is 0. The number of aliphatic imine (C=N–C) groups is 1. The van der Waals surface area contributed by atoms with E-state index in [1.165, 1.54) is 0 Å². The lowest BCUT2D eigenvalue weighted by Crippen LogP contribution is -2.45. The van der Waals surface area contributed by atoms with Crippen LogP contribution in [0.3, 0.4) is 0 Å². The average Bonchev–Trinajstić information content (AvgIpc) is 3.27. The van der Waals surface area contributed by atoms with Gasteiger partial charge in [0.1, 0.15) is 5.71 Å². The van der Waals surface area contributed by atoms with E-state index in [-0.39, 0.29) is 0 Å². The van der Waals surface area contributed by atoms with Crippen LogP contribution in [-0.4, -0.2) is 5.71 Å². The van der Waals surface area contributed by atoms with Crippen molar-refractivity contribution >= 4 is 5.71 Å². The Bertz CT molecular complexity index is 928. The second-order valence-electron chi connectivity index (χ2n) is 6.18. The highest BCUT2D eigenvalue weighted by Crippen LogP contribution is 2.48.